The molecule has 23 heavy (non-hydrogen) atoms. The quantitative estimate of drug-likeness (QED) is 0.400. The molecule has 0 aliphatic carbocycles. The lowest BCUT2D eigenvalue weighted by molar-refractivity contribution is -0.385. The smallest absolute Gasteiger partial charge is 0.407 e. The van der Waals surface area contributed by atoms with Crippen molar-refractivity contribution in [3.63, 3.8) is 0 Å². The van der Waals surface area contributed by atoms with Crippen molar-refractivity contribution >= 4 is 11.8 Å². The molecule has 0 atom stereocenters. The molecule has 0 spiro atoms. The molecule has 0 saturated carbocycles. The van der Waals surface area contributed by atoms with Crippen molar-refractivity contribution in [3.05, 3.63) is 39.2 Å². The van der Waals surface area contributed by atoms with E-state index in [-0.39, 0.29) is 29.8 Å². The predicted molar refractivity (Wildman–Crippen MR) is 83.5 cm³/mol. The van der Waals surface area contributed by atoms with E-state index >= 15 is 0 Å². The highest BCUT2D eigenvalue weighted by atomic mass is 19.1. The van der Waals surface area contributed by atoms with Crippen molar-refractivity contribution in [2.45, 2.75) is 39.7 Å². The predicted octanol–water partition coefficient (Wildman–Crippen LogP) is 3.31. The summed E-state index contributed by atoms with van der Waals surface area (Å²) in [5.41, 5.74) is -0.563. The molecule has 1 amide bonds. The Morgan fingerprint density at radius 3 is 2.65 bits per heavy atom. The van der Waals surface area contributed by atoms with Crippen molar-refractivity contribution in [2.24, 2.45) is 0 Å². The SMILES string of the molecule is Cc1cc(F)c(C#CCCNC(=O)OC(C)(C)C)cc1[N+](=O)[O-]. The molecule has 0 aromatic heterocycles. The van der Waals surface area contributed by atoms with E-state index in [4.69, 9.17) is 4.74 Å². The zero-order valence-corrected chi connectivity index (χ0v) is 13.5. The lowest BCUT2D eigenvalue weighted by Gasteiger charge is -2.19. The van der Waals surface area contributed by atoms with Crippen molar-refractivity contribution in [2.75, 3.05) is 6.54 Å². The Labute approximate surface area is 134 Å². The van der Waals surface area contributed by atoms with Gasteiger partial charge in [-0.2, -0.15) is 0 Å². The number of rotatable bonds is 3. The first-order valence-electron chi connectivity index (χ1n) is 7.00. The van der Waals surface area contributed by atoms with Gasteiger partial charge in [-0.1, -0.05) is 11.8 Å². The van der Waals surface area contributed by atoms with Crippen LogP contribution in [0.25, 0.3) is 0 Å². The first-order chi connectivity index (χ1) is 10.6. The number of nitrogens with one attached hydrogen (secondary N) is 1. The fourth-order valence-corrected chi connectivity index (χ4v) is 1.65. The van der Waals surface area contributed by atoms with E-state index in [1.807, 2.05) is 0 Å². The number of nitro benzene ring substituents is 1. The number of benzene rings is 1. The molecule has 1 N–H and O–H groups in total. The number of hydrogen-bond donors (Lipinski definition) is 1. The number of hydrogen-bond acceptors (Lipinski definition) is 4. The molecule has 1 aromatic carbocycles. The van der Waals surface area contributed by atoms with E-state index in [1.54, 1.807) is 20.8 Å². The average molecular weight is 322 g/mol. The van der Waals surface area contributed by atoms with Crippen molar-refractivity contribution in [1.29, 1.82) is 0 Å². The Bertz CT molecular complexity index is 669. The van der Waals surface area contributed by atoms with E-state index in [0.717, 1.165) is 12.1 Å². The van der Waals surface area contributed by atoms with Gasteiger partial charge in [-0.15, -0.1) is 0 Å². The van der Waals surface area contributed by atoms with Crippen LogP contribution in [0.2, 0.25) is 0 Å². The standard InChI is InChI=1S/C16H19FN2O4/c1-11-9-13(17)12(10-14(11)19(21)22)7-5-6-8-18-15(20)23-16(2,3)4/h9-10H,6,8H2,1-4H3,(H,18,20). The number of ether oxygens (including phenoxy) is 1. The molecule has 7 heteroatoms. The fourth-order valence-electron chi connectivity index (χ4n) is 1.65. The van der Waals surface area contributed by atoms with Crippen LogP contribution in [0.15, 0.2) is 12.1 Å². The van der Waals surface area contributed by atoms with Gasteiger partial charge in [0.15, 0.2) is 0 Å². The maximum Gasteiger partial charge on any atom is 0.407 e. The molecule has 6 nitrogen and oxygen atoms in total. The Morgan fingerprint density at radius 2 is 2.09 bits per heavy atom. The van der Waals surface area contributed by atoms with Crippen LogP contribution in [0.5, 0.6) is 0 Å². The average Bonchev–Trinajstić information content (AvgIpc) is 2.38. The molecule has 1 rings (SSSR count). The van der Waals surface area contributed by atoms with Crippen molar-refractivity contribution in [1.82, 2.24) is 5.32 Å². The molecule has 0 radical (unpaired) electrons. The van der Waals surface area contributed by atoms with Gasteiger partial charge in [-0.05, 0) is 33.8 Å². The topological polar surface area (TPSA) is 81.5 Å². The largest absolute Gasteiger partial charge is 0.444 e. The normalized spacial score (nSPS) is 10.5. The Balaban J connectivity index is 2.62. The van der Waals surface area contributed by atoms with Crippen molar-refractivity contribution in [3.8, 4) is 11.8 Å². The number of aryl methyl sites for hydroxylation is 1. The molecule has 0 fully saturated rings. The van der Waals surface area contributed by atoms with E-state index in [0.29, 0.717) is 0 Å². The minimum atomic E-state index is -0.610. The third kappa shape index (κ3) is 6.34. The maximum absolute atomic E-state index is 13.7. The summed E-state index contributed by atoms with van der Waals surface area (Å²) < 4.78 is 18.7. The van der Waals surface area contributed by atoms with Gasteiger partial charge in [0.05, 0.1) is 10.5 Å². The molecular formula is C16H19FN2O4. The summed E-state index contributed by atoms with van der Waals surface area (Å²) >= 11 is 0. The minimum absolute atomic E-state index is 0.0421. The summed E-state index contributed by atoms with van der Waals surface area (Å²) in [5, 5.41) is 13.3. The number of alkyl carbamates (subject to hydrolysis) is 1. The van der Waals surface area contributed by atoms with Crippen LogP contribution >= 0.6 is 0 Å². The van der Waals surface area contributed by atoms with Crippen molar-refractivity contribution < 1.29 is 18.8 Å². The number of amides is 1. The second-order valence-corrected chi connectivity index (χ2v) is 5.86. The summed E-state index contributed by atoms with van der Waals surface area (Å²) in [6.07, 6.45) is -0.295. The van der Waals surface area contributed by atoms with Gasteiger partial charge in [0.1, 0.15) is 11.4 Å². The Hall–Kier alpha value is -2.62. The van der Waals surface area contributed by atoms with Gasteiger partial charge < -0.3 is 10.1 Å². The molecule has 0 aliphatic rings. The van der Waals surface area contributed by atoms with Crippen LogP contribution in [0.3, 0.4) is 0 Å². The second kappa shape index (κ2) is 7.58. The lowest BCUT2D eigenvalue weighted by atomic mass is 10.1. The van der Waals surface area contributed by atoms with Crippen LogP contribution in [-0.2, 0) is 4.74 Å². The maximum atomic E-state index is 13.7. The number of carbonyl (C=O) groups is 1. The Morgan fingerprint density at radius 1 is 1.43 bits per heavy atom. The highest BCUT2D eigenvalue weighted by Crippen LogP contribution is 2.21. The highest BCUT2D eigenvalue weighted by molar-refractivity contribution is 5.67. The van der Waals surface area contributed by atoms with E-state index in [2.05, 4.69) is 17.2 Å². The number of nitro groups is 1. The third-order valence-electron chi connectivity index (χ3n) is 2.62. The lowest BCUT2D eigenvalue weighted by Crippen LogP contribution is -2.32. The van der Waals surface area contributed by atoms with Gasteiger partial charge in [0.2, 0.25) is 0 Å². The van der Waals surface area contributed by atoms with Gasteiger partial charge in [-0.25, -0.2) is 9.18 Å². The second-order valence-electron chi connectivity index (χ2n) is 5.86. The first kappa shape index (κ1) is 18.4. The van der Waals surface area contributed by atoms with Gasteiger partial charge >= 0.3 is 6.09 Å². The Kier molecular flexibility index (Phi) is 6.08. The molecule has 0 unspecified atom stereocenters. The van der Waals surface area contributed by atoms with Crippen LogP contribution in [0.4, 0.5) is 14.9 Å². The molecule has 1 aromatic rings. The zero-order valence-electron chi connectivity index (χ0n) is 13.5. The van der Waals surface area contributed by atoms with Crippen LogP contribution in [0, 0.1) is 34.7 Å². The van der Waals surface area contributed by atoms with E-state index in [9.17, 15) is 19.3 Å². The summed E-state index contributed by atoms with van der Waals surface area (Å²) in [6.45, 7) is 6.94. The molecular weight excluding hydrogens is 303 g/mol. The fraction of sp³-hybridized carbons (Fsp3) is 0.438. The monoisotopic (exact) mass is 322 g/mol. The molecule has 0 aliphatic heterocycles. The molecule has 0 heterocycles. The molecule has 0 bridgehead atoms. The summed E-state index contributed by atoms with van der Waals surface area (Å²) in [5.74, 6) is 4.59. The van der Waals surface area contributed by atoms with Gasteiger partial charge in [-0.3, -0.25) is 10.1 Å². The summed E-state index contributed by atoms with van der Waals surface area (Å²) in [7, 11) is 0. The number of halogens is 1. The summed E-state index contributed by atoms with van der Waals surface area (Å²) in [4.78, 5) is 21.6. The third-order valence-corrected chi connectivity index (χ3v) is 2.62. The molecule has 124 valence electrons. The van der Waals surface area contributed by atoms with E-state index in [1.165, 1.54) is 6.92 Å². The van der Waals surface area contributed by atoms with Gasteiger partial charge in [0, 0.05) is 24.6 Å². The van der Waals surface area contributed by atoms with Crippen LogP contribution in [-0.4, -0.2) is 23.2 Å². The van der Waals surface area contributed by atoms with Crippen LogP contribution in [0.1, 0.15) is 38.3 Å². The number of carbonyl (C=O) groups excluding carboxylic acids is 1. The highest BCUT2D eigenvalue weighted by Gasteiger charge is 2.15. The number of nitrogens with zero attached hydrogens (tertiary/aromatic N) is 1. The van der Waals surface area contributed by atoms with Crippen LogP contribution < -0.4 is 5.32 Å². The molecule has 0 saturated heterocycles. The van der Waals surface area contributed by atoms with Gasteiger partial charge in [0.25, 0.3) is 5.69 Å². The van der Waals surface area contributed by atoms with E-state index < -0.39 is 22.4 Å². The first-order valence-corrected chi connectivity index (χ1v) is 7.00. The summed E-state index contributed by atoms with van der Waals surface area (Å²) in [6, 6.07) is 2.19. The minimum Gasteiger partial charge on any atom is -0.444 e. The zero-order chi connectivity index (χ0) is 17.6.